The number of nitrogens with one attached hydrogen (secondary N) is 2. The fraction of sp³-hybridized carbons (Fsp3) is 0.238. The highest BCUT2D eigenvalue weighted by molar-refractivity contribution is 6.31. The average Bonchev–Trinajstić information content (AvgIpc) is 2.71. The molecule has 1 atom stereocenters. The molecule has 6 nitrogen and oxygen atoms in total. The molecule has 0 fully saturated rings. The van der Waals surface area contributed by atoms with E-state index in [2.05, 4.69) is 10.6 Å². The predicted molar refractivity (Wildman–Crippen MR) is 108 cm³/mol. The van der Waals surface area contributed by atoms with Crippen LogP contribution in [0.4, 0.5) is 0 Å². The van der Waals surface area contributed by atoms with Crippen molar-refractivity contribution in [3.8, 4) is 17.6 Å². The van der Waals surface area contributed by atoms with Gasteiger partial charge in [-0.25, -0.2) is 0 Å². The van der Waals surface area contributed by atoms with E-state index < -0.39 is 5.91 Å². The summed E-state index contributed by atoms with van der Waals surface area (Å²) in [5.41, 5.74) is 1.67. The second-order valence-corrected chi connectivity index (χ2v) is 6.36. The number of nitrogens with zero attached hydrogens (tertiary/aromatic N) is 1. The van der Waals surface area contributed by atoms with Crippen LogP contribution in [0.2, 0.25) is 5.02 Å². The summed E-state index contributed by atoms with van der Waals surface area (Å²) in [5, 5.41) is 15.7. The lowest BCUT2D eigenvalue weighted by Crippen LogP contribution is -2.28. The Bertz CT molecular complexity index is 906. The lowest BCUT2D eigenvalue weighted by molar-refractivity contribution is -0.117. The largest absolute Gasteiger partial charge is 0.493 e. The lowest BCUT2D eigenvalue weighted by Gasteiger charge is -2.16. The summed E-state index contributed by atoms with van der Waals surface area (Å²) >= 11 is 6.09. The topological polar surface area (TPSA) is 83.4 Å². The van der Waals surface area contributed by atoms with Crippen LogP contribution < -0.4 is 20.1 Å². The standard InChI is InChI=1S/C21H22ClN3O3/c1-14(15-8-9-19(27-2)20(10-15)28-3)25-21(26)17(11-23)13-24-12-16-6-4-5-7-18(16)22/h4-10,13-14,24H,12H2,1-3H3,(H,25,26)/b17-13-. The maximum Gasteiger partial charge on any atom is 0.263 e. The van der Waals surface area contributed by atoms with Gasteiger partial charge in [-0.1, -0.05) is 35.9 Å². The average molecular weight is 400 g/mol. The number of ether oxygens (including phenoxy) is 2. The Balaban J connectivity index is 2.03. The lowest BCUT2D eigenvalue weighted by atomic mass is 10.1. The molecule has 7 heteroatoms. The summed E-state index contributed by atoms with van der Waals surface area (Å²) in [6, 6.07) is 14.3. The Labute approximate surface area is 169 Å². The molecule has 0 radical (unpaired) electrons. The molecule has 0 saturated heterocycles. The van der Waals surface area contributed by atoms with Crippen molar-refractivity contribution in [2.45, 2.75) is 19.5 Å². The smallest absolute Gasteiger partial charge is 0.263 e. The first-order valence-corrected chi connectivity index (χ1v) is 8.97. The molecule has 2 N–H and O–H groups in total. The van der Waals surface area contributed by atoms with Gasteiger partial charge in [0.25, 0.3) is 5.91 Å². The van der Waals surface area contributed by atoms with Gasteiger partial charge in [-0.05, 0) is 36.2 Å². The van der Waals surface area contributed by atoms with E-state index in [0.717, 1.165) is 11.1 Å². The summed E-state index contributed by atoms with van der Waals surface area (Å²) in [6.07, 6.45) is 1.39. The molecule has 0 aliphatic rings. The monoisotopic (exact) mass is 399 g/mol. The van der Waals surface area contributed by atoms with E-state index in [9.17, 15) is 10.1 Å². The second-order valence-electron chi connectivity index (χ2n) is 5.95. The van der Waals surface area contributed by atoms with Crippen LogP contribution in [0.25, 0.3) is 0 Å². The van der Waals surface area contributed by atoms with E-state index in [4.69, 9.17) is 21.1 Å². The minimum Gasteiger partial charge on any atom is -0.493 e. The number of halogens is 1. The molecule has 146 valence electrons. The van der Waals surface area contributed by atoms with Gasteiger partial charge in [0.15, 0.2) is 11.5 Å². The third-order valence-electron chi connectivity index (χ3n) is 4.12. The van der Waals surface area contributed by atoms with Crippen LogP contribution in [-0.2, 0) is 11.3 Å². The molecule has 0 heterocycles. The summed E-state index contributed by atoms with van der Waals surface area (Å²) in [7, 11) is 3.11. The fourth-order valence-corrected chi connectivity index (χ4v) is 2.74. The number of carbonyl (C=O) groups excluding carboxylic acids is 1. The van der Waals surface area contributed by atoms with Crippen molar-refractivity contribution in [2.24, 2.45) is 0 Å². The highest BCUT2D eigenvalue weighted by Crippen LogP contribution is 2.29. The molecule has 1 amide bonds. The molecule has 2 rings (SSSR count). The molecule has 2 aromatic carbocycles. The third-order valence-corrected chi connectivity index (χ3v) is 4.49. The minimum absolute atomic E-state index is 0.0284. The number of carbonyl (C=O) groups is 1. The fourth-order valence-electron chi connectivity index (χ4n) is 2.53. The molecular weight excluding hydrogens is 378 g/mol. The van der Waals surface area contributed by atoms with Gasteiger partial charge in [-0.3, -0.25) is 4.79 Å². The minimum atomic E-state index is -0.476. The molecule has 28 heavy (non-hydrogen) atoms. The van der Waals surface area contributed by atoms with Crippen molar-refractivity contribution in [1.29, 1.82) is 5.26 Å². The Morgan fingerprint density at radius 1 is 1.21 bits per heavy atom. The number of methoxy groups -OCH3 is 2. The van der Waals surface area contributed by atoms with Gasteiger partial charge < -0.3 is 20.1 Å². The van der Waals surface area contributed by atoms with Gasteiger partial charge in [-0.15, -0.1) is 0 Å². The number of nitriles is 1. The van der Waals surface area contributed by atoms with E-state index in [1.165, 1.54) is 6.20 Å². The zero-order valence-electron chi connectivity index (χ0n) is 16.0. The highest BCUT2D eigenvalue weighted by Gasteiger charge is 2.15. The van der Waals surface area contributed by atoms with Gasteiger partial charge in [0.2, 0.25) is 0 Å². The second kappa shape index (κ2) is 10.2. The molecule has 0 aliphatic carbocycles. The summed E-state index contributed by atoms with van der Waals surface area (Å²) < 4.78 is 10.5. The molecule has 2 aromatic rings. The van der Waals surface area contributed by atoms with Crippen LogP contribution in [0.1, 0.15) is 24.1 Å². The van der Waals surface area contributed by atoms with E-state index in [-0.39, 0.29) is 11.6 Å². The van der Waals surface area contributed by atoms with Crippen LogP contribution in [0.3, 0.4) is 0 Å². The zero-order valence-corrected chi connectivity index (χ0v) is 16.7. The van der Waals surface area contributed by atoms with Crippen molar-refractivity contribution in [3.05, 3.63) is 70.4 Å². The van der Waals surface area contributed by atoms with Crippen molar-refractivity contribution < 1.29 is 14.3 Å². The van der Waals surface area contributed by atoms with Crippen LogP contribution in [0, 0.1) is 11.3 Å². The van der Waals surface area contributed by atoms with E-state index in [1.807, 2.05) is 37.3 Å². The Morgan fingerprint density at radius 3 is 2.57 bits per heavy atom. The number of benzene rings is 2. The van der Waals surface area contributed by atoms with Gasteiger partial charge >= 0.3 is 0 Å². The zero-order chi connectivity index (χ0) is 20.5. The number of rotatable bonds is 8. The maximum absolute atomic E-state index is 12.4. The molecule has 0 aromatic heterocycles. The Kier molecular flexibility index (Phi) is 7.73. The summed E-state index contributed by atoms with van der Waals surface area (Å²) in [5.74, 6) is 0.696. The molecule has 1 unspecified atom stereocenters. The Hall–Kier alpha value is -3.17. The third kappa shape index (κ3) is 5.41. The van der Waals surface area contributed by atoms with E-state index in [1.54, 1.807) is 32.4 Å². The van der Waals surface area contributed by atoms with Crippen molar-refractivity contribution in [3.63, 3.8) is 0 Å². The van der Waals surface area contributed by atoms with Crippen molar-refractivity contribution in [1.82, 2.24) is 10.6 Å². The molecule has 0 saturated carbocycles. The first kappa shape index (κ1) is 21.1. The number of hydrogen-bond acceptors (Lipinski definition) is 5. The predicted octanol–water partition coefficient (Wildman–Crippen LogP) is 3.73. The molecular formula is C21H22ClN3O3. The maximum atomic E-state index is 12.4. The molecule has 0 aliphatic heterocycles. The number of amides is 1. The molecule has 0 spiro atoms. The van der Waals surface area contributed by atoms with Gasteiger partial charge in [0.1, 0.15) is 11.6 Å². The Morgan fingerprint density at radius 2 is 1.93 bits per heavy atom. The van der Waals surface area contributed by atoms with Gasteiger partial charge in [0.05, 0.1) is 20.3 Å². The van der Waals surface area contributed by atoms with Gasteiger partial charge in [0, 0.05) is 17.8 Å². The highest BCUT2D eigenvalue weighted by atomic mass is 35.5. The van der Waals surface area contributed by atoms with Crippen LogP contribution in [-0.4, -0.2) is 20.1 Å². The van der Waals surface area contributed by atoms with Crippen LogP contribution in [0.15, 0.2) is 54.2 Å². The normalized spacial score (nSPS) is 11.9. The van der Waals surface area contributed by atoms with Crippen LogP contribution >= 0.6 is 11.6 Å². The van der Waals surface area contributed by atoms with Gasteiger partial charge in [-0.2, -0.15) is 5.26 Å². The SMILES string of the molecule is COc1ccc(C(C)NC(=O)/C(C#N)=C\NCc2ccccc2Cl)cc1OC. The van der Waals surface area contributed by atoms with Crippen molar-refractivity contribution in [2.75, 3.05) is 14.2 Å². The number of hydrogen-bond donors (Lipinski definition) is 2. The van der Waals surface area contributed by atoms with E-state index >= 15 is 0 Å². The quantitative estimate of drug-likeness (QED) is 0.522. The van der Waals surface area contributed by atoms with E-state index in [0.29, 0.717) is 23.1 Å². The summed E-state index contributed by atoms with van der Waals surface area (Å²) in [6.45, 7) is 2.23. The first-order chi connectivity index (χ1) is 13.5. The van der Waals surface area contributed by atoms with Crippen molar-refractivity contribution >= 4 is 17.5 Å². The first-order valence-electron chi connectivity index (χ1n) is 8.60. The molecule has 0 bridgehead atoms. The van der Waals surface area contributed by atoms with Crippen LogP contribution in [0.5, 0.6) is 11.5 Å². The summed E-state index contributed by atoms with van der Waals surface area (Å²) in [4.78, 5) is 12.4.